The molecule has 2 N–H and O–H groups in total. The molecule has 1 amide bonds. The molecule has 0 heterocycles. The number of anilines is 1. The Balaban J connectivity index is 2.24. The molecule has 0 unspecified atom stereocenters. The van der Waals surface area contributed by atoms with E-state index in [0.29, 0.717) is 12.2 Å². The van der Waals surface area contributed by atoms with Crippen molar-refractivity contribution in [2.75, 3.05) is 12.3 Å². The Hall–Kier alpha value is -2.43. The van der Waals surface area contributed by atoms with Gasteiger partial charge in [-0.1, -0.05) is 12.1 Å². The van der Waals surface area contributed by atoms with Gasteiger partial charge >= 0.3 is 0 Å². The quantitative estimate of drug-likeness (QED) is 0.879. The average molecular weight is 290 g/mol. The molecule has 2 rings (SSSR count). The molecule has 0 aliphatic rings. The van der Waals surface area contributed by atoms with Gasteiger partial charge in [-0.2, -0.15) is 0 Å². The molecule has 2 aromatic rings. The number of hydrogen-bond donors (Lipinski definition) is 1. The van der Waals surface area contributed by atoms with Crippen LogP contribution in [0.1, 0.15) is 22.8 Å². The molecule has 0 aliphatic heterocycles. The first-order valence-corrected chi connectivity index (χ1v) is 6.60. The summed E-state index contributed by atoms with van der Waals surface area (Å²) in [7, 11) is 0. The van der Waals surface area contributed by atoms with E-state index in [-0.39, 0.29) is 12.1 Å². The van der Waals surface area contributed by atoms with Crippen LogP contribution in [0.2, 0.25) is 0 Å². The third kappa shape index (κ3) is 3.56. The number of nitrogens with zero attached hydrogens (tertiary/aromatic N) is 1. The fourth-order valence-electron chi connectivity index (χ4n) is 2.07. The number of nitrogens with two attached hydrogens (primary N) is 1. The lowest BCUT2D eigenvalue weighted by Gasteiger charge is -2.21. The van der Waals surface area contributed by atoms with E-state index in [0.717, 1.165) is 23.8 Å². The molecule has 0 bridgehead atoms. The number of amides is 1. The van der Waals surface area contributed by atoms with E-state index < -0.39 is 17.5 Å². The van der Waals surface area contributed by atoms with Crippen molar-refractivity contribution in [1.29, 1.82) is 0 Å². The number of halogens is 2. The predicted octanol–water partition coefficient (Wildman–Crippen LogP) is 3.21. The highest BCUT2D eigenvalue weighted by Gasteiger charge is 2.19. The van der Waals surface area contributed by atoms with Crippen LogP contribution in [0.4, 0.5) is 14.5 Å². The van der Waals surface area contributed by atoms with E-state index in [4.69, 9.17) is 5.73 Å². The maximum atomic E-state index is 13.7. The van der Waals surface area contributed by atoms with Gasteiger partial charge in [0.15, 0.2) is 0 Å². The molecule has 0 saturated carbocycles. The van der Waals surface area contributed by atoms with Gasteiger partial charge in [0.25, 0.3) is 5.91 Å². The van der Waals surface area contributed by atoms with Crippen LogP contribution in [-0.4, -0.2) is 17.4 Å². The number of rotatable bonds is 4. The number of carbonyl (C=O) groups is 1. The molecule has 0 saturated heterocycles. The van der Waals surface area contributed by atoms with Crippen molar-refractivity contribution in [2.45, 2.75) is 13.5 Å². The molecule has 0 atom stereocenters. The van der Waals surface area contributed by atoms with Gasteiger partial charge in [0.05, 0.1) is 5.56 Å². The van der Waals surface area contributed by atoms with Gasteiger partial charge in [0.2, 0.25) is 0 Å². The second-order valence-electron chi connectivity index (χ2n) is 4.69. The standard InChI is InChI=1S/C16H16F2N2O/c1-2-20(10-11-4-3-5-13(19)8-11)16(21)14-9-12(17)6-7-15(14)18/h3-9H,2,10,19H2,1H3. The zero-order valence-electron chi connectivity index (χ0n) is 11.6. The van der Waals surface area contributed by atoms with Crippen molar-refractivity contribution < 1.29 is 13.6 Å². The van der Waals surface area contributed by atoms with Gasteiger partial charge in [-0.05, 0) is 42.8 Å². The van der Waals surface area contributed by atoms with Crippen LogP contribution in [0.25, 0.3) is 0 Å². The monoisotopic (exact) mass is 290 g/mol. The molecule has 3 nitrogen and oxygen atoms in total. The first-order chi connectivity index (χ1) is 10.0. The van der Waals surface area contributed by atoms with E-state index in [1.807, 2.05) is 6.07 Å². The molecule has 5 heteroatoms. The molecule has 110 valence electrons. The largest absolute Gasteiger partial charge is 0.399 e. The number of carbonyl (C=O) groups excluding carboxylic acids is 1. The van der Waals surface area contributed by atoms with E-state index >= 15 is 0 Å². The van der Waals surface area contributed by atoms with Crippen LogP contribution in [0.3, 0.4) is 0 Å². The molecular weight excluding hydrogens is 274 g/mol. The maximum Gasteiger partial charge on any atom is 0.257 e. The van der Waals surface area contributed by atoms with E-state index in [1.54, 1.807) is 25.1 Å². The van der Waals surface area contributed by atoms with Crippen LogP contribution in [0.5, 0.6) is 0 Å². The smallest absolute Gasteiger partial charge is 0.257 e. The van der Waals surface area contributed by atoms with Crippen molar-refractivity contribution in [1.82, 2.24) is 4.90 Å². The molecule has 21 heavy (non-hydrogen) atoms. The lowest BCUT2D eigenvalue weighted by molar-refractivity contribution is 0.0747. The fraction of sp³-hybridized carbons (Fsp3) is 0.188. The van der Waals surface area contributed by atoms with Gasteiger partial charge in [-0.25, -0.2) is 8.78 Å². The average Bonchev–Trinajstić information content (AvgIpc) is 2.46. The number of nitrogen functional groups attached to an aromatic ring is 1. The fourth-order valence-corrected chi connectivity index (χ4v) is 2.07. The minimum Gasteiger partial charge on any atom is -0.399 e. The molecule has 0 aliphatic carbocycles. The third-order valence-electron chi connectivity index (χ3n) is 3.15. The topological polar surface area (TPSA) is 46.3 Å². The van der Waals surface area contributed by atoms with E-state index in [1.165, 1.54) is 4.90 Å². The zero-order valence-corrected chi connectivity index (χ0v) is 11.6. The predicted molar refractivity (Wildman–Crippen MR) is 77.6 cm³/mol. The number of benzene rings is 2. The summed E-state index contributed by atoms with van der Waals surface area (Å²) >= 11 is 0. The highest BCUT2D eigenvalue weighted by Crippen LogP contribution is 2.15. The van der Waals surface area contributed by atoms with Gasteiger partial charge in [-0.15, -0.1) is 0 Å². The third-order valence-corrected chi connectivity index (χ3v) is 3.15. The second-order valence-corrected chi connectivity index (χ2v) is 4.69. The summed E-state index contributed by atoms with van der Waals surface area (Å²) in [5.41, 5.74) is 6.86. The van der Waals surface area contributed by atoms with Crippen LogP contribution in [0.15, 0.2) is 42.5 Å². The van der Waals surface area contributed by atoms with Crippen molar-refractivity contribution in [3.05, 3.63) is 65.2 Å². The van der Waals surface area contributed by atoms with Crippen LogP contribution < -0.4 is 5.73 Å². The first-order valence-electron chi connectivity index (χ1n) is 6.60. The van der Waals surface area contributed by atoms with Gasteiger partial charge < -0.3 is 10.6 Å². The zero-order chi connectivity index (χ0) is 15.4. The highest BCUT2D eigenvalue weighted by atomic mass is 19.1. The Morgan fingerprint density at radius 2 is 1.95 bits per heavy atom. The molecule has 0 fully saturated rings. The summed E-state index contributed by atoms with van der Waals surface area (Å²) in [4.78, 5) is 13.8. The Kier molecular flexibility index (Phi) is 4.52. The van der Waals surface area contributed by atoms with E-state index in [2.05, 4.69) is 0 Å². The van der Waals surface area contributed by atoms with E-state index in [9.17, 15) is 13.6 Å². The van der Waals surface area contributed by atoms with Gasteiger partial charge in [0.1, 0.15) is 11.6 Å². The van der Waals surface area contributed by atoms with Crippen molar-refractivity contribution in [2.24, 2.45) is 0 Å². The summed E-state index contributed by atoms with van der Waals surface area (Å²) in [5.74, 6) is -1.91. The van der Waals surface area contributed by atoms with Crippen molar-refractivity contribution in [3.63, 3.8) is 0 Å². The van der Waals surface area contributed by atoms with Crippen molar-refractivity contribution in [3.8, 4) is 0 Å². The summed E-state index contributed by atoms with van der Waals surface area (Å²) in [6.45, 7) is 2.45. The lowest BCUT2D eigenvalue weighted by Crippen LogP contribution is -2.31. The Bertz CT molecular complexity index is 658. The van der Waals surface area contributed by atoms with Gasteiger partial charge in [0, 0.05) is 18.8 Å². The number of hydrogen-bond acceptors (Lipinski definition) is 2. The Morgan fingerprint density at radius 3 is 2.62 bits per heavy atom. The van der Waals surface area contributed by atoms with Crippen molar-refractivity contribution >= 4 is 11.6 Å². The Labute approximate surface area is 122 Å². The molecule has 2 aromatic carbocycles. The van der Waals surface area contributed by atoms with Crippen LogP contribution >= 0.6 is 0 Å². The SMILES string of the molecule is CCN(Cc1cccc(N)c1)C(=O)c1cc(F)ccc1F. The minimum absolute atomic E-state index is 0.263. The lowest BCUT2D eigenvalue weighted by atomic mass is 10.1. The highest BCUT2D eigenvalue weighted by molar-refractivity contribution is 5.94. The maximum absolute atomic E-state index is 13.7. The molecule has 0 aromatic heterocycles. The molecule has 0 spiro atoms. The Morgan fingerprint density at radius 1 is 1.19 bits per heavy atom. The summed E-state index contributed by atoms with van der Waals surface area (Å²) < 4.78 is 26.9. The first kappa shape index (κ1) is 15.0. The summed E-state index contributed by atoms with van der Waals surface area (Å²) in [5, 5.41) is 0. The van der Waals surface area contributed by atoms with Gasteiger partial charge in [-0.3, -0.25) is 4.79 Å². The molecule has 0 radical (unpaired) electrons. The van der Waals surface area contributed by atoms with Crippen LogP contribution in [-0.2, 0) is 6.54 Å². The minimum atomic E-state index is -0.729. The molecular formula is C16H16F2N2O. The van der Waals surface area contributed by atoms with Crippen LogP contribution in [0, 0.1) is 11.6 Å². The normalized spacial score (nSPS) is 10.4. The summed E-state index contributed by atoms with van der Waals surface area (Å²) in [6.07, 6.45) is 0. The second kappa shape index (κ2) is 6.35. The summed E-state index contributed by atoms with van der Waals surface area (Å²) in [6, 6.07) is 9.96.